The normalized spacial score (nSPS) is 10.9. The molecule has 1 rings (SSSR count). The summed E-state index contributed by atoms with van der Waals surface area (Å²) in [6.45, 7) is 3.77. The molecule has 0 unspecified atom stereocenters. The summed E-state index contributed by atoms with van der Waals surface area (Å²) in [4.78, 5) is 22.9. The number of hydrogen-bond donors (Lipinski definition) is 1. The number of esters is 2. The Bertz CT molecular complexity index is 450. The van der Waals surface area contributed by atoms with E-state index in [0.717, 1.165) is 5.56 Å². The molecule has 0 aliphatic heterocycles. The van der Waals surface area contributed by atoms with Crippen LogP contribution in [0.5, 0.6) is 0 Å². The Morgan fingerprint density at radius 2 is 1.90 bits per heavy atom. The van der Waals surface area contributed by atoms with Gasteiger partial charge < -0.3 is 15.2 Å². The summed E-state index contributed by atoms with van der Waals surface area (Å²) in [7, 11) is 0. The molecule has 5 nitrogen and oxygen atoms in total. The third-order valence-electron chi connectivity index (χ3n) is 2.55. The first kappa shape index (κ1) is 19.1. The summed E-state index contributed by atoms with van der Waals surface area (Å²) in [5.74, 6) is -0.929. The van der Waals surface area contributed by atoms with Gasteiger partial charge in [0.1, 0.15) is 19.3 Å². The fourth-order valence-corrected chi connectivity index (χ4v) is 1.45. The number of rotatable bonds is 8. The first-order valence-electron chi connectivity index (χ1n) is 6.36. The van der Waals surface area contributed by atoms with E-state index in [1.54, 1.807) is 0 Å². The van der Waals surface area contributed by atoms with Crippen LogP contribution in [0.15, 0.2) is 43.0 Å². The van der Waals surface area contributed by atoms with Crippen LogP contribution in [0.1, 0.15) is 18.4 Å². The van der Waals surface area contributed by atoms with Gasteiger partial charge in [0.05, 0.1) is 0 Å². The molecule has 1 aromatic rings. The fraction of sp³-hybridized carbons (Fsp3) is 0.333. The highest BCUT2D eigenvalue weighted by Crippen LogP contribution is 2.04. The number of carbonyl (C=O) groups is 2. The average molecular weight is 314 g/mol. The summed E-state index contributed by atoms with van der Waals surface area (Å²) in [5, 5.41) is 0. The molecular weight excluding hydrogens is 294 g/mol. The van der Waals surface area contributed by atoms with Gasteiger partial charge in [-0.2, -0.15) is 0 Å². The third-order valence-corrected chi connectivity index (χ3v) is 2.55. The van der Waals surface area contributed by atoms with Gasteiger partial charge in [0.25, 0.3) is 0 Å². The van der Waals surface area contributed by atoms with Crippen LogP contribution < -0.4 is 5.73 Å². The van der Waals surface area contributed by atoms with Crippen molar-refractivity contribution in [2.24, 2.45) is 5.73 Å². The van der Waals surface area contributed by atoms with Crippen molar-refractivity contribution in [2.45, 2.75) is 25.5 Å². The molecule has 0 bridgehead atoms. The van der Waals surface area contributed by atoms with Crippen molar-refractivity contribution in [1.29, 1.82) is 0 Å². The van der Waals surface area contributed by atoms with Crippen molar-refractivity contribution in [1.82, 2.24) is 0 Å². The van der Waals surface area contributed by atoms with Crippen molar-refractivity contribution in [2.75, 3.05) is 6.61 Å². The van der Waals surface area contributed by atoms with Crippen molar-refractivity contribution >= 4 is 24.3 Å². The third kappa shape index (κ3) is 8.12. The van der Waals surface area contributed by atoms with E-state index in [1.807, 2.05) is 30.3 Å². The van der Waals surface area contributed by atoms with Crippen molar-refractivity contribution in [3.63, 3.8) is 0 Å². The van der Waals surface area contributed by atoms with Gasteiger partial charge >= 0.3 is 11.9 Å². The molecule has 1 atom stereocenters. The Morgan fingerprint density at radius 3 is 2.52 bits per heavy atom. The minimum Gasteiger partial charge on any atom is -0.461 e. The smallest absolute Gasteiger partial charge is 0.323 e. The minimum absolute atomic E-state index is 0. The zero-order valence-corrected chi connectivity index (χ0v) is 12.5. The Balaban J connectivity index is 0.00000400. The monoisotopic (exact) mass is 313 g/mol. The number of halogens is 1. The number of hydrogen-bond acceptors (Lipinski definition) is 5. The molecule has 116 valence electrons. The molecule has 1 aromatic carbocycles. The lowest BCUT2D eigenvalue weighted by atomic mass is 10.2. The molecule has 0 saturated carbocycles. The van der Waals surface area contributed by atoms with E-state index in [4.69, 9.17) is 15.2 Å². The molecule has 0 amide bonds. The topological polar surface area (TPSA) is 78.6 Å². The second-order valence-corrected chi connectivity index (χ2v) is 4.21. The largest absolute Gasteiger partial charge is 0.461 e. The van der Waals surface area contributed by atoms with Gasteiger partial charge in [0.2, 0.25) is 0 Å². The van der Waals surface area contributed by atoms with Gasteiger partial charge in [-0.05, 0) is 12.0 Å². The van der Waals surface area contributed by atoms with Crippen molar-refractivity contribution < 1.29 is 19.1 Å². The van der Waals surface area contributed by atoms with Crippen LogP contribution >= 0.6 is 12.4 Å². The van der Waals surface area contributed by atoms with E-state index in [9.17, 15) is 9.59 Å². The number of benzene rings is 1. The van der Waals surface area contributed by atoms with Crippen LogP contribution in [0, 0.1) is 0 Å². The maximum Gasteiger partial charge on any atom is 0.323 e. The Kier molecular flexibility index (Phi) is 9.92. The first-order valence-corrected chi connectivity index (χ1v) is 6.36. The molecular formula is C15H20ClNO4. The second-order valence-electron chi connectivity index (χ2n) is 4.21. The van der Waals surface area contributed by atoms with E-state index in [-0.39, 0.29) is 38.5 Å². The van der Waals surface area contributed by atoms with Gasteiger partial charge in [-0.1, -0.05) is 43.0 Å². The molecule has 21 heavy (non-hydrogen) atoms. The average Bonchev–Trinajstić information content (AvgIpc) is 2.49. The summed E-state index contributed by atoms with van der Waals surface area (Å²) < 4.78 is 9.86. The Labute approximate surface area is 130 Å². The predicted octanol–water partition coefficient (Wildman–Crippen LogP) is 1.99. The van der Waals surface area contributed by atoms with Crippen LogP contribution in [0.2, 0.25) is 0 Å². The fourth-order valence-electron chi connectivity index (χ4n) is 1.45. The molecule has 0 aliphatic carbocycles. The van der Waals surface area contributed by atoms with Gasteiger partial charge in [-0.15, -0.1) is 12.4 Å². The van der Waals surface area contributed by atoms with Crippen molar-refractivity contribution in [3.05, 3.63) is 48.6 Å². The molecule has 0 radical (unpaired) electrons. The molecule has 0 fully saturated rings. The van der Waals surface area contributed by atoms with Crippen LogP contribution in [0.4, 0.5) is 0 Å². The first-order chi connectivity index (χ1) is 9.63. The summed E-state index contributed by atoms with van der Waals surface area (Å²) in [6, 6.07) is 8.48. The van der Waals surface area contributed by atoms with Crippen molar-refractivity contribution in [3.8, 4) is 0 Å². The second kappa shape index (κ2) is 10.9. The molecule has 0 aliphatic rings. The quantitative estimate of drug-likeness (QED) is 0.586. The molecule has 0 spiro atoms. The van der Waals surface area contributed by atoms with Gasteiger partial charge in [0, 0.05) is 6.42 Å². The van der Waals surface area contributed by atoms with E-state index >= 15 is 0 Å². The highest BCUT2D eigenvalue weighted by Gasteiger charge is 2.17. The van der Waals surface area contributed by atoms with E-state index < -0.39 is 18.0 Å². The lowest BCUT2D eigenvalue weighted by molar-refractivity contribution is -0.147. The molecule has 0 saturated heterocycles. The van der Waals surface area contributed by atoms with Gasteiger partial charge in [-0.3, -0.25) is 9.59 Å². The van der Waals surface area contributed by atoms with E-state index in [0.29, 0.717) is 0 Å². The maximum absolute atomic E-state index is 11.6. The van der Waals surface area contributed by atoms with Gasteiger partial charge in [-0.25, -0.2) is 0 Å². The van der Waals surface area contributed by atoms with E-state index in [1.165, 1.54) is 6.08 Å². The molecule has 2 N–H and O–H groups in total. The Hall–Kier alpha value is -1.85. The lowest BCUT2D eigenvalue weighted by Gasteiger charge is -2.11. The minimum atomic E-state index is -0.824. The SMILES string of the molecule is C=CCOC(=O)CC[C@H](N)C(=O)OCc1ccccc1.Cl. The number of ether oxygens (including phenoxy) is 2. The predicted molar refractivity (Wildman–Crippen MR) is 81.9 cm³/mol. The van der Waals surface area contributed by atoms with Crippen LogP contribution in [-0.4, -0.2) is 24.6 Å². The highest BCUT2D eigenvalue weighted by molar-refractivity contribution is 5.85. The molecule has 0 heterocycles. The number of nitrogens with two attached hydrogens (primary N) is 1. The zero-order chi connectivity index (χ0) is 14.8. The van der Waals surface area contributed by atoms with Crippen LogP contribution in [0.25, 0.3) is 0 Å². The summed E-state index contributed by atoms with van der Waals surface area (Å²) in [6.07, 6.45) is 1.75. The standard InChI is InChI=1S/C15H19NO4.ClH/c1-2-10-19-14(17)9-8-13(16)15(18)20-11-12-6-4-3-5-7-12;/h2-7,13H,1,8-11,16H2;1H/t13-;/m0./s1. The lowest BCUT2D eigenvalue weighted by Crippen LogP contribution is -2.32. The summed E-state index contributed by atoms with van der Waals surface area (Å²) in [5.41, 5.74) is 6.54. The number of carbonyl (C=O) groups excluding carboxylic acids is 2. The zero-order valence-electron chi connectivity index (χ0n) is 11.7. The Morgan fingerprint density at radius 1 is 1.24 bits per heavy atom. The van der Waals surface area contributed by atoms with E-state index in [2.05, 4.69) is 6.58 Å². The molecule has 6 heteroatoms. The van der Waals surface area contributed by atoms with Crippen LogP contribution in [-0.2, 0) is 25.7 Å². The molecule has 0 aromatic heterocycles. The van der Waals surface area contributed by atoms with Crippen LogP contribution in [0.3, 0.4) is 0 Å². The maximum atomic E-state index is 11.6. The summed E-state index contributed by atoms with van der Waals surface area (Å²) >= 11 is 0. The highest BCUT2D eigenvalue weighted by atomic mass is 35.5. The van der Waals surface area contributed by atoms with Gasteiger partial charge in [0.15, 0.2) is 0 Å².